The van der Waals surface area contributed by atoms with Gasteiger partial charge < -0.3 is 24.7 Å². The van der Waals surface area contributed by atoms with Gasteiger partial charge in [-0.25, -0.2) is 13.6 Å². The summed E-state index contributed by atoms with van der Waals surface area (Å²) >= 11 is 6.83. The normalized spacial score (nSPS) is 13.4. The van der Waals surface area contributed by atoms with Crippen molar-refractivity contribution >= 4 is 45.8 Å². The summed E-state index contributed by atoms with van der Waals surface area (Å²) in [5, 5.41) is 3.90. The third kappa shape index (κ3) is 4.75. The van der Waals surface area contributed by atoms with Gasteiger partial charge in [0.25, 0.3) is 0 Å². The molecule has 1 aliphatic rings. The van der Waals surface area contributed by atoms with Gasteiger partial charge in [0.1, 0.15) is 23.8 Å². The fourth-order valence-corrected chi connectivity index (χ4v) is 5.08. The second-order valence-electron chi connectivity index (χ2n) is 9.21. The number of ether oxygens (including phenoxy) is 2. The Bertz CT molecular complexity index is 1700. The maximum Gasteiger partial charge on any atom is 0.343 e. The molecule has 1 aliphatic heterocycles. The van der Waals surface area contributed by atoms with Crippen LogP contribution < -0.4 is 16.1 Å². The van der Waals surface area contributed by atoms with E-state index in [1.165, 1.54) is 23.8 Å². The van der Waals surface area contributed by atoms with E-state index in [0.717, 1.165) is 12.1 Å². The molecule has 2 aromatic heterocycles. The number of carbonyl (C=O) groups is 2. The van der Waals surface area contributed by atoms with Gasteiger partial charge in [0, 0.05) is 44.2 Å². The number of anilines is 2. The molecule has 2 aromatic carbocycles. The standard InChI is InChI=1S/C27H24ClF2N5O5/c1-3-39-27(38)18-12-34(22-9-21(31)19(29)7-15(22)13-40-14(2)36)24-17(26(18)37)8-20(30)25(23(24)28)33-10-16(11-33)35-6-4-5-32-35/h4-9,12,16H,3,10-11,13,31H2,1-2H3. The molecule has 0 spiro atoms. The van der Waals surface area contributed by atoms with Gasteiger partial charge in [-0.3, -0.25) is 14.3 Å². The highest BCUT2D eigenvalue weighted by Crippen LogP contribution is 2.40. The fraction of sp³-hybridized carbons (Fsp3) is 0.259. The van der Waals surface area contributed by atoms with Crippen LogP contribution in [0.4, 0.5) is 20.2 Å². The topological polar surface area (TPSA) is 122 Å². The molecule has 0 bridgehead atoms. The summed E-state index contributed by atoms with van der Waals surface area (Å²) in [7, 11) is 0. The van der Waals surface area contributed by atoms with E-state index >= 15 is 4.39 Å². The largest absolute Gasteiger partial charge is 0.462 e. The predicted octanol–water partition coefficient (Wildman–Crippen LogP) is 4.00. The number of hydrogen-bond acceptors (Lipinski definition) is 8. The number of esters is 2. The highest BCUT2D eigenvalue weighted by molar-refractivity contribution is 6.38. The van der Waals surface area contributed by atoms with E-state index in [0.29, 0.717) is 13.1 Å². The minimum atomic E-state index is -0.940. The third-order valence-corrected chi connectivity index (χ3v) is 6.98. The van der Waals surface area contributed by atoms with Crippen molar-refractivity contribution in [3.05, 3.63) is 80.9 Å². The lowest BCUT2D eigenvalue weighted by Gasteiger charge is -2.41. The summed E-state index contributed by atoms with van der Waals surface area (Å²) in [4.78, 5) is 39.4. The third-order valence-electron chi connectivity index (χ3n) is 6.62. The molecule has 208 valence electrons. The van der Waals surface area contributed by atoms with E-state index < -0.39 is 34.6 Å². The number of pyridine rings is 1. The monoisotopic (exact) mass is 571 g/mol. The zero-order chi connectivity index (χ0) is 28.7. The van der Waals surface area contributed by atoms with Crippen molar-refractivity contribution in [3.63, 3.8) is 0 Å². The van der Waals surface area contributed by atoms with Crippen LogP contribution in [0.3, 0.4) is 0 Å². The Morgan fingerprint density at radius 1 is 1.18 bits per heavy atom. The minimum absolute atomic E-state index is 0.0122. The number of hydrogen-bond donors (Lipinski definition) is 1. The van der Waals surface area contributed by atoms with Gasteiger partial charge in [0.15, 0.2) is 0 Å². The average molecular weight is 572 g/mol. The van der Waals surface area contributed by atoms with E-state index in [9.17, 15) is 18.8 Å². The molecule has 0 radical (unpaired) electrons. The summed E-state index contributed by atoms with van der Waals surface area (Å²) in [6, 6.07) is 5.11. The van der Waals surface area contributed by atoms with Crippen molar-refractivity contribution in [2.24, 2.45) is 0 Å². The van der Waals surface area contributed by atoms with Gasteiger partial charge >= 0.3 is 11.9 Å². The SMILES string of the molecule is CCOC(=O)c1cn(-c2cc(N)c(F)cc2COC(C)=O)c2c(Cl)c(N3CC(n4cccn4)C3)c(F)cc2c1=O. The molecule has 0 unspecified atom stereocenters. The highest BCUT2D eigenvalue weighted by Gasteiger charge is 2.34. The molecule has 0 saturated carbocycles. The minimum Gasteiger partial charge on any atom is -0.462 e. The lowest BCUT2D eigenvalue weighted by Crippen LogP contribution is -2.48. The summed E-state index contributed by atoms with van der Waals surface area (Å²) in [6.07, 6.45) is 4.63. The van der Waals surface area contributed by atoms with Crippen LogP contribution >= 0.6 is 11.6 Å². The van der Waals surface area contributed by atoms with Crippen LogP contribution in [-0.4, -0.2) is 46.0 Å². The predicted molar refractivity (Wildman–Crippen MR) is 144 cm³/mol. The van der Waals surface area contributed by atoms with Gasteiger partial charge in [-0.15, -0.1) is 0 Å². The van der Waals surface area contributed by atoms with Crippen LogP contribution in [-0.2, 0) is 20.9 Å². The lowest BCUT2D eigenvalue weighted by molar-refractivity contribution is -0.142. The number of halogens is 3. The Hall–Kier alpha value is -4.45. The fourth-order valence-electron chi connectivity index (χ4n) is 4.68. The first-order chi connectivity index (χ1) is 19.1. The van der Waals surface area contributed by atoms with E-state index in [4.69, 9.17) is 26.8 Å². The maximum atomic E-state index is 15.6. The lowest BCUT2D eigenvalue weighted by atomic mass is 10.0. The van der Waals surface area contributed by atoms with E-state index in [1.807, 2.05) is 0 Å². The molecule has 1 fully saturated rings. The zero-order valence-electron chi connectivity index (χ0n) is 21.5. The number of aromatic nitrogens is 3. The molecule has 10 nitrogen and oxygen atoms in total. The maximum absolute atomic E-state index is 15.6. The second kappa shape index (κ2) is 10.6. The summed E-state index contributed by atoms with van der Waals surface area (Å²) in [6.45, 7) is 3.19. The Kier molecular flexibility index (Phi) is 7.19. The molecule has 3 heterocycles. The summed E-state index contributed by atoms with van der Waals surface area (Å²) < 4.78 is 43.3. The quantitative estimate of drug-likeness (QED) is 0.261. The number of nitrogens with zero attached hydrogens (tertiary/aromatic N) is 4. The molecule has 40 heavy (non-hydrogen) atoms. The number of benzene rings is 2. The van der Waals surface area contributed by atoms with Crippen LogP contribution in [0.2, 0.25) is 5.02 Å². The summed E-state index contributed by atoms with van der Waals surface area (Å²) in [5.41, 5.74) is 4.84. The zero-order valence-corrected chi connectivity index (χ0v) is 22.2. The number of nitrogens with two attached hydrogens (primary N) is 1. The molecular formula is C27H24ClF2N5O5. The molecular weight excluding hydrogens is 548 g/mol. The number of rotatable bonds is 7. The van der Waals surface area contributed by atoms with E-state index in [1.54, 1.807) is 35.0 Å². The molecule has 2 N–H and O–H groups in total. The van der Waals surface area contributed by atoms with E-state index in [-0.39, 0.29) is 57.8 Å². The van der Waals surface area contributed by atoms with Crippen LogP contribution in [0, 0.1) is 11.6 Å². The van der Waals surface area contributed by atoms with Gasteiger partial charge in [-0.05, 0) is 31.2 Å². The number of nitrogen functional groups attached to an aromatic ring is 1. The first kappa shape index (κ1) is 27.1. The molecule has 0 amide bonds. The van der Waals surface area contributed by atoms with E-state index in [2.05, 4.69) is 5.10 Å². The Balaban J connectivity index is 1.75. The molecule has 5 rings (SSSR count). The van der Waals surface area contributed by atoms with Crippen LogP contribution in [0.25, 0.3) is 16.6 Å². The second-order valence-corrected chi connectivity index (χ2v) is 9.59. The van der Waals surface area contributed by atoms with Crippen molar-refractivity contribution in [1.82, 2.24) is 14.3 Å². The molecule has 0 atom stereocenters. The van der Waals surface area contributed by atoms with Crippen molar-refractivity contribution < 1.29 is 27.8 Å². The van der Waals surface area contributed by atoms with Crippen molar-refractivity contribution in [1.29, 1.82) is 0 Å². The molecule has 0 aliphatic carbocycles. The van der Waals surface area contributed by atoms with Crippen LogP contribution in [0.5, 0.6) is 0 Å². The highest BCUT2D eigenvalue weighted by atomic mass is 35.5. The van der Waals surface area contributed by atoms with Gasteiger partial charge in [-0.2, -0.15) is 5.10 Å². The van der Waals surface area contributed by atoms with Crippen molar-refractivity contribution in [3.8, 4) is 5.69 Å². The van der Waals surface area contributed by atoms with Gasteiger partial charge in [0.2, 0.25) is 5.43 Å². The Labute approximate surface area is 231 Å². The van der Waals surface area contributed by atoms with Crippen LogP contribution in [0.1, 0.15) is 35.8 Å². The summed E-state index contributed by atoms with van der Waals surface area (Å²) in [5.74, 6) is -3.10. The average Bonchev–Trinajstić information content (AvgIpc) is 3.40. The number of carbonyl (C=O) groups excluding carboxylic acids is 2. The van der Waals surface area contributed by atoms with Gasteiger partial charge in [0.05, 0.1) is 45.6 Å². The Morgan fingerprint density at radius 2 is 1.93 bits per heavy atom. The van der Waals surface area contributed by atoms with Gasteiger partial charge in [-0.1, -0.05) is 11.6 Å². The van der Waals surface area contributed by atoms with Crippen molar-refractivity contribution in [2.75, 3.05) is 30.3 Å². The molecule has 1 saturated heterocycles. The van der Waals surface area contributed by atoms with Crippen molar-refractivity contribution in [2.45, 2.75) is 26.5 Å². The molecule has 4 aromatic rings. The molecule has 13 heteroatoms. The smallest absolute Gasteiger partial charge is 0.343 e. The number of fused-ring (bicyclic) bond motifs is 1. The first-order valence-corrected chi connectivity index (χ1v) is 12.7. The Morgan fingerprint density at radius 3 is 2.58 bits per heavy atom. The first-order valence-electron chi connectivity index (χ1n) is 12.3. The van der Waals surface area contributed by atoms with Crippen LogP contribution in [0.15, 0.2) is 47.7 Å².